The van der Waals surface area contributed by atoms with Crippen molar-refractivity contribution < 1.29 is 27.6 Å². The number of carbonyl (C=O) groups is 3. The lowest BCUT2D eigenvalue weighted by molar-refractivity contribution is -0.138. The van der Waals surface area contributed by atoms with Gasteiger partial charge in [0, 0.05) is 37.1 Å². The first-order valence-corrected chi connectivity index (χ1v) is 11.5. The minimum Gasteiger partial charge on any atom is -0.343 e. The van der Waals surface area contributed by atoms with Crippen LogP contribution in [0.1, 0.15) is 53.1 Å². The number of benzene rings is 1. The number of piperidine rings is 1. The lowest BCUT2D eigenvalue weighted by Gasteiger charge is -2.34. The van der Waals surface area contributed by atoms with Crippen molar-refractivity contribution >= 4 is 34.2 Å². The standard InChI is InChI=1S/C22H25F3N4O3S/c1-3-28(4-2)19(31)15-8-6-10-29(12-15)20(32)17-13-33-21(26-17)27-18(30)14-7-5-9-16(11-14)22(23,24)25/h5,7,9,11,13,15H,3-4,6,8,10,12H2,1-2H3,(H,26,27,30)/t15-/m1/s1. The topological polar surface area (TPSA) is 82.6 Å². The van der Waals surface area contributed by atoms with Gasteiger partial charge in [-0.2, -0.15) is 13.2 Å². The van der Waals surface area contributed by atoms with E-state index in [1.807, 2.05) is 13.8 Å². The van der Waals surface area contributed by atoms with Crippen molar-refractivity contribution in [2.75, 3.05) is 31.5 Å². The average molecular weight is 483 g/mol. The third-order valence-electron chi connectivity index (χ3n) is 5.53. The average Bonchev–Trinajstić information content (AvgIpc) is 3.27. The Morgan fingerprint density at radius 1 is 1.24 bits per heavy atom. The summed E-state index contributed by atoms with van der Waals surface area (Å²) in [6.45, 7) is 5.86. The highest BCUT2D eigenvalue weighted by Crippen LogP contribution is 2.30. The molecular weight excluding hydrogens is 457 g/mol. The minimum absolute atomic E-state index is 0.0322. The van der Waals surface area contributed by atoms with Gasteiger partial charge in [0.2, 0.25) is 5.91 Å². The normalized spacial score (nSPS) is 16.4. The van der Waals surface area contributed by atoms with E-state index in [2.05, 4.69) is 10.3 Å². The first kappa shape index (κ1) is 24.7. The van der Waals surface area contributed by atoms with Crippen molar-refractivity contribution in [3.05, 3.63) is 46.5 Å². The summed E-state index contributed by atoms with van der Waals surface area (Å²) in [7, 11) is 0. The molecule has 33 heavy (non-hydrogen) atoms. The van der Waals surface area contributed by atoms with Gasteiger partial charge in [-0.1, -0.05) is 6.07 Å². The van der Waals surface area contributed by atoms with E-state index >= 15 is 0 Å². The minimum atomic E-state index is -4.56. The van der Waals surface area contributed by atoms with Gasteiger partial charge in [0.05, 0.1) is 11.5 Å². The second-order valence-electron chi connectivity index (χ2n) is 7.67. The van der Waals surface area contributed by atoms with Crippen molar-refractivity contribution in [3.63, 3.8) is 0 Å². The number of amides is 3. The van der Waals surface area contributed by atoms with Gasteiger partial charge in [0.1, 0.15) is 5.69 Å². The molecular formula is C22H25F3N4O3S. The fourth-order valence-corrected chi connectivity index (χ4v) is 4.43. The second-order valence-corrected chi connectivity index (χ2v) is 8.53. The molecule has 2 heterocycles. The van der Waals surface area contributed by atoms with Gasteiger partial charge in [0.15, 0.2) is 5.13 Å². The van der Waals surface area contributed by atoms with E-state index in [9.17, 15) is 27.6 Å². The van der Waals surface area contributed by atoms with Gasteiger partial charge in [0.25, 0.3) is 11.8 Å². The molecule has 0 saturated carbocycles. The van der Waals surface area contributed by atoms with Gasteiger partial charge in [-0.3, -0.25) is 19.7 Å². The number of hydrogen-bond donors (Lipinski definition) is 1. The first-order chi connectivity index (χ1) is 15.6. The maximum absolute atomic E-state index is 12.9. The molecule has 7 nitrogen and oxygen atoms in total. The Balaban J connectivity index is 1.65. The van der Waals surface area contributed by atoms with Crippen molar-refractivity contribution in [2.24, 2.45) is 5.92 Å². The zero-order valence-electron chi connectivity index (χ0n) is 18.3. The van der Waals surface area contributed by atoms with E-state index in [-0.39, 0.29) is 34.1 Å². The smallest absolute Gasteiger partial charge is 0.343 e. The van der Waals surface area contributed by atoms with Crippen molar-refractivity contribution in [1.29, 1.82) is 0 Å². The van der Waals surface area contributed by atoms with Gasteiger partial charge in [-0.15, -0.1) is 11.3 Å². The van der Waals surface area contributed by atoms with Crippen LogP contribution in [-0.2, 0) is 11.0 Å². The lowest BCUT2D eigenvalue weighted by atomic mass is 9.96. The second kappa shape index (κ2) is 10.3. The molecule has 1 atom stereocenters. The number of hydrogen-bond acceptors (Lipinski definition) is 5. The number of aromatic nitrogens is 1. The molecule has 1 aliphatic heterocycles. The molecule has 0 spiro atoms. The summed E-state index contributed by atoms with van der Waals surface area (Å²) in [5, 5.41) is 4.03. The lowest BCUT2D eigenvalue weighted by Crippen LogP contribution is -2.46. The van der Waals surface area contributed by atoms with E-state index in [0.717, 1.165) is 29.5 Å². The largest absolute Gasteiger partial charge is 0.416 e. The summed E-state index contributed by atoms with van der Waals surface area (Å²) in [4.78, 5) is 45.4. The van der Waals surface area contributed by atoms with Crippen LogP contribution in [0.2, 0.25) is 0 Å². The molecule has 3 amide bonds. The Bertz CT molecular complexity index is 1020. The Kier molecular flexibility index (Phi) is 7.72. The summed E-state index contributed by atoms with van der Waals surface area (Å²) in [6.07, 6.45) is -3.14. The monoisotopic (exact) mass is 482 g/mol. The zero-order chi connectivity index (χ0) is 24.2. The molecule has 1 aliphatic rings. The fourth-order valence-electron chi connectivity index (χ4n) is 3.75. The summed E-state index contributed by atoms with van der Waals surface area (Å²) in [5.74, 6) is -1.33. The van der Waals surface area contributed by atoms with Crippen LogP contribution >= 0.6 is 11.3 Å². The van der Waals surface area contributed by atoms with Crippen LogP contribution in [0.25, 0.3) is 0 Å². The molecule has 1 saturated heterocycles. The van der Waals surface area contributed by atoms with Gasteiger partial charge < -0.3 is 9.80 Å². The van der Waals surface area contributed by atoms with Crippen LogP contribution in [0.4, 0.5) is 18.3 Å². The highest BCUT2D eigenvalue weighted by molar-refractivity contribution is 7.14. The number of halogens is 3. The van der Waals surface area contributed by atoms with E-state index in [1.165, 1.54) is 11.4 Å². The SMILES string of the molecule is CCN(CC)C(=O)[C@@H]1CCCN(C(=O)c2csc(NC(=O)c3cccc(C(F)(F)F)c3)n2)C1. The fraction of sp³-hybridized carbons (Fsp3) is 0.455. The predicted molar refractivity (Wildman–Crippen MR) is 118 cm³/mol. The predicted octanol–water partition coefficient (Wildman–Crippen LogP) is 4.13. The summed E-state index contributed by atoms with van der Waals surface area (Å²) >= 11 is 1.01. The van der Waals surface area contributed by atoms with Gasteiger partial charge in [-0.05, 0) is 44.9 Å². The summed E-state index contributed by atoms with van der Waals surface area (Å²) in [5.41, 5.74) is -0.971. The van der Waals surface area contributed by atoms with Crippen LogP contribution in [-0.4, -0.2) is 58.7 Å². The van der Waals surface area contributed by atoms with E-state index < -0.39 is 17.6 Å². The number of rotatable bonds is 6. The van der Waals surface area contributed by atoms with Crippen LogP contribution < -0.4 is 5.32 Å². The van der Waals surface area contributed by atoms with E-state index in [0.29, 0.717) is 39.0 Å². The number of alkyl halides is 3. The number of carbonyl (C=O) groups excluding carboxylic acids is 3. The highest BCUT2D eigenvalue weighted by Gasteiger charge is 2.32. The maximum atomic E-state index is 12.9. The van der Waals surface area contributed by atoms with Crippen LogP contribution in [0.15, 0.2) is 29.6 Å². The van der Waals surface area contributed by atoms with Crippen LogP contribution in [0, 0.1) is 5.92 Å². The summed E-state index contributed by atoms with van der Waals surface area (Å²) < 4.78 is 38.6. The van der Waals surface area contributed by atoms with Crippen molar-refractivity contribution in [3.8, 4) is 0 Å². The molecule has 0 unspecified atom stereocenters. The maximum Gasteiger partial charge on any atom is 0.416 e. The molecule has 1 aromatic carbocycles. The third-order valence-corrected chi connectivity index (χ3v) is 6.29. The van der Waals surface area contributed by atoms with Gasteiger partial charge >= 0.3 is 6.18 Å². The molecule has 0 radical (unpaired) electrons. The molecule has 1 fully saturated rings. The summed E-state index contributed by atoms with van der Waals surface area (Å²) in [6, 6.07) is 4.06. The Morgan fingerprint density at radius 2 is 1.97 bits per heavy atom. The molecule has 11 heteroatoms. The molecule has 2 aromatic rings. The Morgan fingerprint density at radius 3 is 2.64 bits per heavy atom. The quantitative estimate of drug-likeness (QED) is 0.671. The first-order valence-electron chi connectivity index (χ1n) is 10.7. The highest BCUT2D eigenvalue weighted by atomic mass is 32.1. The number of nitrogens with zero attached hydrogens (tertiary/aromatic N) is 3. The van der Waals surface area contributed by atoms with Crippen molar-refractivity contribution in [2.45, 2.75) is 32.9 Å². The third kappa shape index (κ3) is 5.89. The number of thiazole rings is 1. The molecule has 178 valence electrons. The number of anilines is 1. The van der Waals surface area contributed by atoms with E-state index in [1.54, 1.807) is 9.80 Å². The van der Waals surface area contributed by atoms with Gasteiger partial charge in [-0.25, -0.2) is 4.98 Å². The Hall–Kier alpha value is -2.95. The van der Waals surface area contributed by atoms with E-state index in [4.69, 9.17) is 0 Å². The number of likely N-dealkylation sites (tertiary alicyclic amines) is 1. The molecule has 1 N–H and O–H groups in total. The number of nitrogens with one attached hydrogen (secondary N) is 1. The molecule has 0 aliphatic carbocycles. The van der Waals surface area contributed by atoms with Crippen LogP contribution in [0.5, 0.6) is 0 Å². The Labute approximate surface area is 193 Å². The molecule has 1 aromatic heterocycles. The molecule has 3 rings (SSSR count). The van der Waals surface area contributed by atoms with Crippen molar-refractivity contribution in [1.82, 2.24) is 14.8 Å². The van der Waals surface area contributed by atoms with Crippen LogP contribution in [0.3, 0.4) is 0 Å². The zero-order valence-corrected chi connectivity index (χ0v) is 19.1. The molecule has 0 bridgehead atoms.